The van der Waals surface area contributed by atoms with Crippen molar-refractivity contribution in [2.45, 2.75) is 71.3 Å². The van der Waals surface area contributed by atoms with Crippen molar-refractivity contribution in [1.29, 1.82) is 0 Å². The van der Waals surface area contributed by atoms with Gasteiger partial charge in [0.25, 0.3) is 0 Å². The number of nitrogens with zero attached hydrogens (tertiary/aromatic N) is 1. The maximum Gasteiger partial charge on any atom is 0.00671 e. The minimum absolute atomic E-state index is 0.555. The fourth-order valence-corrected chi connectivity index (χ4v) is 4.14. The summed E-state index contributed by atoms with van der Waals surface area (Å²) in [5.41, 5.74) is 0.555. The Morgan fingerprint density at radius 3 is 2.47 bits per heavy atom. The first-order chi connectivity index (χ1) is 9.15. The Hall–Kier alpha value is -0.0800. The minimum atomic E-state index is 0.555. The molecule has 0 aromatic rings. The van der Waals surface area contributed by atoms with Gasteiger partial charge in [-0.25, -0.2) is 0 Å². The highest BCUT2D eigenvalue weighted by molar-refractivity contribution is 4.90. The van der Waals surface area contributed by atoms with Gasteiger partial charge in [0.05, 0.1) is 0 Å². The van der Waals surface area contributed by atoms with Crippen molar-refractivity contribution >= 4 is 0 Å². The molecule has 2 rings (SSSR count). The Morgan fingerprint density at radius 2 is 1.79 bits per heavy atom. The van der Waals surface area contributed by atoms with Gasteiger partial charge in [0.1, 0.15) is 0 Å². The van der Waals surface area contributed by atoms with Crippen LogP contribution in [0.15, 0.2) is 0 Å². The van der Waals surface area contributed by atoms with Gasteiger partial charge in [-0.1, -0.05) is 32.6 Å². The Bertz CT molecular complexity index is 256. The van der Waals surface area contributed by atoms with Crippen LogP contribution < -0.4 is 5.32 Å². The van der Waals surface area contributed by atoms with Gasteiger partial charge in [-0.3, -0.25) is 0 Å². The predicted molar refractivity (Wildman–Crippen MR) is 83.5 cm³/mol. The van der Waals surface area contributed by atoms with E-state index >= 15 is 0 Å². The van der Waals surface area contributed by atoms with Crippen LogP contribution in [0.3, 0.4) is 0 Å². The molecule has 1 saturated carbocycles. The average Bonchev–Trinajstić information content (AvgIpc) is 2.59. The first kappa shape index (κ1) is 15.3. The van der Waals surface area contributed by atoms with Gasteiger partial charge < -0.3 is 10.2 Å². The van der Waals surface area contributed by atoms with E-state index in [1.54, 1.807) is 0 Å². The lowest BCUT2D eigenvalue weighted by molar-refractivity contribution is 0.0697. The standard InChI is InChI=1S/C17H34N2/c1-15-8-10-17(11-9-15,13-18-3)14-19-12-6-4-5-7-16(19)2/h15-16,18H,4-14H2,1-3H3. The van der Waals surface area contributed by atoms with Gasteiger partial charge in [-0.2, -0.15) is 0 Å². The van der Waals surface area contributed by atoms with E-state index < -0.39 is 0 Å². The Labute approximate surface area is 120 Å². The molecule has 0 radical (unpaired) electrons. The second-order valence-electron chi connectivity index (χ2n) is 7.38. The largest absolute Gasteiger partial charge is 0.319 e. The molecule has 0 bridgehead atoms. The summed E-state index contributed by atoms with van der Waals surface area (Å²) in [5, 5.41) is 3.49. The van der Waals surface area contributed by atoms with Gasteiger partial charge >= 0.3 is 0 Å². The van der Waals surface area contributed by atoms with Gasteiger partial charge in [0.2, 0.25) is 0 Å². The van der Waals surface area contributed by atoms with Crippen LogP contribution in [-0.2, 0) is 0 Å². The minimum Gasteiger partial charge on any atom is -0.319 e. The molecular weight excluding hydrogens is 232 g/mol. The number of hydrogen-bond acceptors (Lipinski definition) is 2. The zero-order valence-electron chi connectivity index (χ0n) is 13.4. The number of nitrogens with one attached hydrogen (secondary N) is 1. The van der Waals surface area contributed by atoms with Crippen molar-refractivity contribution < 1.29 is 0 Å². The van der Waals surface area contributed by atoms with E-state index in [0.29, 0.717) is 5.41 Å². The molecule has 2 aliphatic rings. The fourth-order valence-electron chi connectivity index (χ4n) is 4.14. The molecule has 2 heteroatoms. The van der Waals surface area contributed by atoms with Gasteiger partial charge in [0.15, 0.2) is 0 Å². The molecule has 2 nitrogen and oxygen atoms in total. The highest BCUT2D eigenvalue weighted by Crippen LogP contribution is 2.40. The summed E-state index contributed by atoms with van der Waals surface area (Å²) in [4.78, 5) is 2.81. The van der Waals surface area contributed by atoms with E-state index in [2.05, 4.69) is 31.1 Å². The van der Waals surface area contributed by atoms with Gasteiger partial charge in [-0.05, 0) is 57.5 Å². The molecule has 19 heavy (non-hydrogen) atoms. The molecule has 1 unspecified atom stereocenters. The Balaban J connectivity index is 1.98. The second-order valence-corrected chi connectivity index (χ2v) is 7.38. The molecule has 1 N–H and O–H groups in total. The van der Waals surface area contributed by atoms with Gasteiger partial charge in [0, 0.05) is 19.1 Å². The zero-order valence-corrected chi connectivity index (χ0v) is 13.4. The summed E-state index contributed by atoms with van der Waals surface area (Å²) in [7, 11) is 2.13. The molecule has 112 valence electrons. The summed E-state index contributed by atoms with van der Waals surface area (Å²) in [6.45, 7) is 8.76. The third-order valence-electron chi connectivity index (χ3n) is 5.62. The van der Waals surface area contributed by atoms with Crippen molar-refractivity contribution in [3.05, 3.63) is 0 Å². The van der Waals surface area contributed by atoms with Crippen LogP contribution in [0.2, 0.25) is 0 Å². The van der Waals surface area contributed by atoms with Crippen molar-refractivity contribution in [2.24, 2.45) is 11.3 Å². The van der Waals surface area contributed by atoms with Crippen molar-refractivity contribution in [2.75, 3.05) is 26.7 Å². The average molecular weight is 266 g/mol. The van der Waals surface area contributed by atoms with Crippen molar-refractivity contribution in [3.8, 4) is 0 Å². The van der Waals surface area contributed by atoms with E-state index in [4.69, 9.17) is 0 Å². The van der Waals surface area contributed by atoms with E-state index in [1.165, 1.54) is 71.0 Å². The quantitative estimate of drug-likeness (QED) is 0.835. The first-order valence-electron chi connectivity index (χ1n) is 8.54. The summed E-state index contributed by atoms with van der Waals surface area (Å²) in [6.07, 6.45) is 11.4. The third kappa shape index (κ3) is 4.19. The molecule has 0 spiro atoms. The molecule has 0 aromatic heterocycles. The molecule has 1 saturated heterocycles. The number of rotatable bonds is 4. The summed E-state index contributed by atoms with van der Waals surface area (Å²) in [6, 6.07) is 0.801. The lowest BCUT2D eigenvalue weighted by Crippen LogP contribution is -2.48. The van der Waals surface area contributed by atoms with Crippen molar-refractivity contribution in [1.82, 2.24) is 10.2 Å². The highest BCUT2D eigenvalue weighted by atomic mass is 15.2. The molecular formula is C17H34N2. The molecule has 0 amide bonds. The predicted octanol–water partition coefficient (Wildman–Crippen LogP) is 3.67. The molecule has 1 aliphatic carbocycles. The van der Waals surface area contributed by atoms with E-state index in [-0.39, 0.29) is 0 Å². The normalized spacial score (nSPS) is 38.1. The van der Waals surface area contributed by atoms with Crippen molar-refractivity contribution in [3.63, 3.8) is 0 Å². The summed E-state index contributed by atoms with van der Waals surface area (Å²) < 4.78 is 0. The first-order valence-corrected chi connectivity index (χ1v) is 8.54. The topological polar surface area (TPSA) is 15.3 Å². The van der Waals surface area contributed by atoms with Crippen LogP contribution in [-0.4, -0.2) is 37.6 Å². The SMILES string of the molecule is CNCC1(CN2CCCCCC2C)CCC(C)CC1. The zero-order chi connectivity index (χ0) is 13.7. The number of hydrogen-bond donors (Lipinski definition) is 1. The lowest BCUT2D eigenvalue weighted by atomic mass is 9.70. The summed E-state index contributed by atoms with van der Waals surface area (Å²) >= 11 is 0. The fraction of sp³-hybridized carbons (Fsp3) is 1.00. The van der Waals surface area contributed by atoms with Crippen LogP contribution in [0.5, 0.6) is 0 Å². The number of likely N-dealkylation sites (tertiary alicyclic amines) is 1. The second kappa shape index (κ2) is 7.08. The maximum atomic E-state index is 3.49. The molecule has 1 aliphatic heterocycles. The van der Waals surface area contributed by atoms with E-state index in [1.807, 2.05) is 0 Å². The smallest absolute Gasteiger partial charge is 0.00671 e. The van der Waals surface area contributed by atoms with Crippen LogP contribution in [0.1, 0.15) is 65.2 Å². The highest BCUT2D eigenvalue weighted by Gasteiger charge is 2.36. The molecule has 1 atom stereocenters. The molecule has 2 fully saturated rings. The molecule has 1 heterocycles. The van der Waals surface area contributed by atoms with Crippen LogP contribution in [0.4, 0.5) is 0 Å². The Morgan fingerprint density at radius 1 is 1.05 bits per heavy atom. The molecule has 0 aromatic carbocycles. The van der Waals surface area contributed by atoms with E-state index in [0.717, 1.165) is 12.0 Å². The maximum absolute atomic E-state index is 3.49. The third-order valence-corrected chi connectivity index (χ3v) is 5.62. The van der Waals surface area contributed by atoms with E-state index in [9.17, 15) is 0 Å². The lowest BCUT2D eigenvalue weighted by Gasteiger charge is -2.44. The van der Waals surface area contributed by atoms with Crippen LogP contribution >= 0.6 is 0 Å². The van der Waals surface area contributed by atoms with Crippen LogP contribution in [0.25, 0.3) is 0 Å². The monoisotopic (exact) mass is 266 g/mol. The van der Waals surface area contributed by atoms with Crippen LogP contribution in [0, 0.1) is 11.3 Å². The summed E-state index contributed by atoms with van der Waals surface area (Å²) in [5.74, 6) is 0.950. The Kier molecular flexibility index (Phi) is 5.70. The van der Waals surface area contributed by atoms with Gasteiger partial charge in [-0.15, -0.1) is 0 Å².